The van der Waals surface area contributed by atoms with E-state index in [2.05, 4.69) is 5.16 Å². The normalized spacial score (nSPS) is 10.3. The molecule has 0 atom stereocenters. The fourth-order valence-electron chi connectivity index (χ4n) is 1.52. The van der Waals surface area contributed by atoms with Crippen LogP contribution in [0.1, 0.15) is 16.1 Å². The smallest absolute Gasteiger partial charge is 0.271 e. The quantitative estimate of drug-likeness (QED) is 0.468. The zero-order valence-corrected chi connectivity index (χ0v) is 9.03. The van der Waals surface area contributed by atoms with Gasteiger partial charge in [0.05, 0.1) is 0 Å². The maximum absolute atomic E-state index is 12.8. The lowest BCUT2D eigenvalue weighted by Gasteiger charge is -2.00. The van der Waals surface area contributed by atoms with Crippen molar-refractivity contribution in [1.82, 2.24) is 10.6 Å². The van der Waals surface area contributed by atoms with Crippen LogP contribution in [0.2, 0.25) is 0 Å². The third kappa shape index (κ3) is 2.02. The number of halogens is 1. The van der Waals surface area contributed by atoms with Crippen LogP contribution in [0.3, 0.4) is 0 Å². The van der Waals surface area contributed by atoms with Gasteiger partial charge in [-0.1, -0.05) is 5.16 Å². The van der Waals surface area contributed by atoms with Gasteiger partial charge in [-0.3, -0.25) is 10.2 Å². The van der Waals surface area contributed by atoms with Crippen molar-refractivity contribution in [3.05, 3.63) is 41.4 Å². The topological polar surface area (TPSA) is 81.2 Å². The van der Waals surface area contributed by atoms with E-state index in [0.29, 0.717) is 17.0 Å². The zero-order chi connectivity index (χ0) is 12.4. The summed E-state index contributed by atoms with van der Waals surface area (Å²) >= 11 is 0. The van der Waals surface area contributed by atoms with E-state index in [1.807, 2.05) is 5.43 Å². The second-order valence-electron chi connectivity index (χ2n) is 3.44. The molecule has 0 saturated carbocycles. The summed E-state index contributed by atoms with van der Waals surface area (Å²) in [5.41, 5.74) is 3.19. The van der Waals surface area contributed by atoms with Crippen LogP contribution in [0.25, 0.3) is 11.3 Å². The molecule has 0 aliphatic carbocycles. The summed E-state index contributed by atoms with van der Waals surface area (Å²) in [4.78, 5) is 11.5. The first-order chi connectivity index (χ1) is 8.13. The lowest BCUT2D eigenvalue weighted by atomic mass is 10.1. The number of hydrazine groups is 1. The first-order valence-electron chi connectivity index (χ1n) is 4.86. The molecule has 1 heterocycles. The molecule has 0 aliphatic heterocycles. The average molecular weight is 235 g/mol. The Morgan fingerprint density at radius 1 is 1.41 bits per heavy atom. The molecule has 2 aromatic rings. The SMILES string of the molecule is Cc1onc(-c2ccc(F)cc2)c1C(=O)NN. The lowest BCUT2D eigenvalue weighted by molar-refractivity contribution is 0.0952. The van der Waals surface area contributed by atoms with Gasteiger partial charge in [0.1, 0.15) is 22.8 Å². The maximum Gasteiger partial charge on any atom is 0.271 e. The van der Waals surface area contributed by atoms with Gasteiger partial charge >= 0.3 is 0 Å². The summed E-state index contributed by atoms with van der Waals surface area (Å²) in [5.74, 6) is 4.57. The van der Waals surface area contributed by atoms with E-state index in [-0.39, 0.29) is 11.4 Å². The first-order valence-corrected chi connectivity index (χ1v) is 4.86. The highest BCUT2D eigenvalue weighted by Crippen LogP contribution is 2.25. The van der Waals surface area contributed by atoms with Crippen molar-refractivity contribution in [2.45, 2.75) is 6.92 Å². The first kappa shape index (κ1) is 11.3. The molecule has 1 aromatic heterocycles. The molecule has 0 radical (unpaired) electrons. The number of nitrogens with one attached hydrogen (secondary N) is 1. The summed E-state index contributed by atoms with van der Waals surface area (Å²) in [6.45, 7) is 1.60. The Balaban J connectivity index is 2.52. The van der Waals surface area contributed by atoms with E-state index < -0.39 is 5.91 Å². The van der Waals surface area contributed by atoms with E-state index in [1.165, 1.54) is 24.3 Å². The van der Waals surface area contributed by atoms with Crippen molar-refractivity contribution in [2.75, 3.05) is 0 Å². The van der Waals surface area contributed by atoms with Crippen molar-refractivity contribution in [3.8, 4) is 11.3 Å². The van der Waals surface area contributed by atoms with Crippen LogP contribution in [-0.4, -0.2) is 11.1 Å². The number of benzene rings is 1. The minimum Gasteiger partial charge on any atom is -0.360 e. The Morgan fingerprint density at radius 3 is 2.65 bits per heavy atom. The Morgan fingerprint density at radius 2 is 2.06 bits per heavy atom. The van der Waals surface area contributed by atoms with Gasteiger partial charge in [0.2, 0.25) is 0 Å². The monoisotopic (exact) mass is 235 g/mol. The highest BCUT2D eigenvalue weighted by molar-refractivity contribution is 6.00. The van der Waals surface area contributed by atoms with Crippen molar-refractivity contribution in [3.63, 3.8) is 0 Å². The second-order valence-corrected chi connectivity index (χ2v) is 3.44. The molecular formula is C11H10FN3O2. The van der Waals surface area contributed by atoms with Crippen LogP contribution in [0.4, 0.5) is 4.39 Å². The molecular weight excluding hydrogens is 225 g/mol. The number of nitrogen functional groups attached to an aromatic ring is 1. The van der Waals surface area contributed by atoms with E-state index in [9.17, 15) is 9.18 Å². The van der Waals surface area contributed by atoms with Crippen LogP contribution >= 0.6 is 0 Å². The van der Waals surface area contributed by atoms with Crippen LogP contribution in [-0.2, 0) is 0 Å². The van der Waals surface area contributed by atoms with E-state index in [0.717, 1.165) is 0 Å². The molecule has 6 heteroatoms. The molecule has 1 amide bonds. The van der Waals surface area contributed by atoms with Crippen LogP contribution < -0.4 is 11.3 Å². The summed E-state index contributed by atoms with van der Waals surface area (Å²) in [6, 6.07) is 5.59. The minimum atomic E-state index is -0.497. The number of hydrogen-bond donors (Lipinski definition) is 2. The molecule has 17 heavy (non-hydrogen) atoms. The predicted molar refractivity (Wildman–Crippen MR) is 58.3 cm³/mol. The van der Waals surface area contributed by atoms with E-state index in [1.54, 1.807) is 6.92 Å². The molecule has 1 aromatic carbocycles. The summed E-state index contributed by atoms with van der Waals surface area (Å²) in [5, 5.41) is 3.77. The number of aryl methyl sites for hydroxylation is 1. The van der Waals surface area contributed by atoms with Crippen LogP contribution in [0.15, 0.2) is 28.8 Å². The molecule has 0 fully saturated rings. The Labute approximate surface area is 96.4 Å². The van der Waals surface area contributed by atoms with E-state index in [4.69, 9.17) is 10.4 Å². The third-order valence-electron chi connectivity index (χ3n) is 2.34. The summed E-state index contributed by atoms with van der Waals surface area (Å²) < 4.78 is 17.7. The lowest BCUT2D eigenvalue weighted by Crippen LogP contribution is -2.30. The Hall–Kier alpha value is -2.21. The van der Waals surface area contributed by atoms with Gasteiger partial charge in [0.15, 0.2) is 0 Å². The molecule has 3 N–H and O–H groups in total. The molecule has 5 nitrogen and oxygen atoms in total. The fourth-order valence-corrected chi connectivity index (χ4v) is 1.52. The van der Waals surface area contributed by atoms with Crippen molar-refractivity contribution in [2.24, 2.45) is 5.84 Å². The third-order valence-corrected chi connectivity index (χ3v) is 2.34. The molecule has 0 bridgehead atoms. The maximum atomic E-state index is 12.8. The number of hydrogen-bond acceptors (Lipinski definition) is 4. The molecule has 0 saturated heterocycles. The van der Waals surface area contributed by atoms with Gasteiger partial charge in [-0.25, -0.2) is 10.2 Å². The molecule has 2 rings (SSSR count). The van der Waals surface area contributed by atoms with Gasteiger partial charge in [0, 0.05) is 5.56 Å². The number of carbonyl (C=O) groups excluding carboxylic acids is 1. The van der Waals surface area contributed by atoms with Crippen molar-refractivity contribution >= 4 is 5.91 Å². The number of nitrogens with zero attached hydrogens (tertiary/aromatic N) is 1. The predicted octanol–water partition coefficient (Wildman–Crippen LogP) is 1.39. The summed E-state index contributed by atoms with van der Waals surface area (Å²) in [7, 11) is 0. The standard InChI is InChI=1S/C11H10FN3O2/c1-6-9(11(16)14-13)10(15-17-6)7-2-4-8(12)5-3-7/h2-5H,13H2,1H3,(H,14,16). The highest BCUT2D eigenvalue weighted by Gasteiger charge is 2.20. The molecule has 0 spiro atoms. The van der Waals surface area contributed by atoms with Crippen molar-refractivity contribution < 1.29 is 13.7 Å². The van der Waals surface area contributed by atoms with Gasteiger partial charge in [-0.2, -0.15) is 0 Å². The van der Waals surface area contributed by atoms with Gasteiger partial charge in [0.25, 0.3) is 5.91 Å². The van der Waals surface area contributed by atoms with E-state index >= 15 is 0 Å². The molecule has 88 valence electrons. The number of amides is 1. The Bertz CT molecular complexity index is 548. The van der Waals surface area contributed by atoms with Crippen LogP contribution in [0, 0.1) is 12.7 Å². The second kappa shape index (κ2) is 4.34. The number of rotatable bonds is 2. The van der Waals surface area contributed by atoms with Crippen LogP contribution in [0.5, 0.6) is 0 Å². The highest BCUT2D eigenvalue weighted by atomic mass is 19.1. The number of nitrogens with two attached hydrogens (primary N) is 1. The van der Waals surface area contributed by atoms with Gasteiger partial charge in [-0.05, 0) is 31.2 Å². The Kier molecular flexibility index (Phi) is 2.88. The average Bonchev–Trinajstić information content (AvgIpc) is 2.71. The number of aromatic nitrogens is 1. The van der Waals surface area contributed by atoms with Gasteiger partial charge < -0.3 is 4.52 Å². The van der Waals surface area contributed by atoms with Crippen molar-refractivity contribution in [1.29, 1.82) is 0 Å². The largest absolute Gasteiger partial charge is 0.360 e. The minimum absolute atomic E-state index is 0.249. The molecule has 0 aliphatic rings. The summed E-state index contributed by atoms with van der Waals surface area (Å²) in [6.07, 6.45) is 0. The fraction of sp³-hybridized carbons (Fsp3) is 0.0909. The van der Waals surface area contributed by atoms with Gasteiger partial charge in [-0.15, -0.1) is 0 Å². The zero-order valence-electron chi connectivity index (χ0n) is 9.03. The molecule has 0 unspecified atom stereocenters. The number of carbonyl (C=O) groups is 1.